The van der Waals surface area contributed by atoms with Gasteiger partial charge in [-0.1, -0.05) is 23.2 Å². The van der Waals surface area contributed by atoms with Crippen molar-refractivity contribution in [1.29, 1.82) is 0 Å². The van der Waals surface area contributed by atoms with Gasteiger partial charge >= 0.3 is 0 Å². The highest BCUT2D eigenvalue weighted by Gasteiger charge is 2.21. The molecule has 0 aliphatic carbocycles. The molecule has 0 saturated carbocycles. The van der Waals surface area contributed by atoms with E-state index in [1.54, 1.807) is 0 Å². The van der Waals surface area contributed by atoms with Crippen LogP contribution in [0.15, 0.2) is 18.2 Å². The Morgan fingerprint density at radius 3 is 2.58 bits per heavy atom. The summed E-state index contributed by atoms with van der Waals surface area (Å²) in [6.07, 6.45) is 0. The van der Waals surface area contributed by atoms with E-state index >= 15 is 0 Å². The van der Waals surface area contributed by atoms with Crippen LogP contribution in [0.1, 0.15) is 11.5 Å². The molecule has 0 amide bonds. The van der Waals surface area contributed by atoms with E-state index in [1.807, 2.05) is 18.2 Å². The van der Waals surface area contributed by atoms with Gasteiger partial charge < -0.3 is 5.32 Å². The zero-order valence-corrected chi connectivity index (χ0v) is 7.99. The van der Waals surface area contributed by atoms with Gasteiger partial charge in [0.15, 0.2) is 0 Å². The minimum atomic E-state index is 0.552. The molecule has 1 aliphatic heterocycles. The van der Waals surface area contributed by atoms with Gasteiger partial charge in [-0.15, -0.1) is 0 Å². The van der Waals surface area contributed by atoms with Crippen molar-refractivity contribution in [1.82, 2.24) is 5.32 Å². The lowest BCUT2D eigenvalue weighted by molar-refractivity contribution is 0.448. The molecule has 3 heteroatoms. The predicted molar refractivity (Wildman–Crippen MR) is 52.1 cm³/mol. The first-order valence-corrected chi connectivity index (χ1v) is 4.68. The highest BCUT2D eigenvalue weighted by atomic mass is 35.5. The Labute approximate surface area is 81.7 Å². The summed E-state index contributed by atoms with van der Waals surface area (Å²) in [6, 6.07) is 5.63. The fourth-order valence-corrected chi connectivity index (χ4v) is 1.79. The average Bonchev–Trinajstić information content (AvgIpc) is 1.93. The lowest BCUT2D eigenvalue weighted by Gasteiger charge is -2.28. The molecule has 1 aromatic carbocycles. The van der Waals surface area contributed by atoms with E-state index in [1.165, 1.54) is 5.56 Å². The van der Waals surface area contributed by atoms with Crippen molar-refractivity contribution in [2.45, 2.75) is 5.92 Å². The molecule has 0 spiro atoms. The highest BCUT2D eigenvalue weighted by molar-refractivity contribution is 6.33. The van der Waals surface area contributed by atoms with Crippen molar-refractivity contribution < 1.29 is 0 Å². The third kappa shape index (κ3) is 1.45. The van der Waals surface area contributed by atoms with Crippen molar-refractivity contribution in [3.63, 3.8) is 0 Å². The summed E-state index contributed by atoms with van der Waals surface area (Å²) in [5.41, 5.74) is 1.17. The highest BCUT2D eigenvalue weighted by Crippen LogP contribution is 2.29. The van der Waals surface area contributed by atoms with Gasteiger partial charge in [0.1, 0.15) is 0 Å². The fourth-order valence-electron chi connectivity index (χ4n) is 1.34. The second-order valence-corrected chi connectivity index (χ2v) is 3.86. The van der Waals surface area contributed by atoms with E-state index < -0.39 is 0 Å². The predicted octanol–water partition coefficient (Wildman–Crippen LogP) is 2.68. The van der Waals surface area contributed by atoms with E-state index in [4.69, 9.17) is 23.2 Å². The third-order valence-electron chi connectivity index (χ3n) is 2.18. The molecule has 0 radical (unpaired) electrons. The number of halogens is 2. The van der Waals surface area contributed by atoms with Crippen LogP contribution in [0.4, 0.5) is 0 Å². The van der Waals surface area contributed by atoms with Crippen LogP contribution in [0.25, 0.3) is 0 Å². The lowest BCUT2D eigenvalue weighted by atomic mass is 9.94. The van der Waals surface area contributed by atoms with Gasteiger partial charge in [0.25, 0.3) is 0 Å². The lowest BCUT2D eigenvalue weighted by Crippen LogP contribution is -2.39. The van der Waals surface area contributed by atoms with Crippen LogP contribution in [0.5, 0.6) is 0 Å². The molecule has 1 aliphatic rings. The van der Waals surface area contributed by atoms with E-state index in [9.17, 15) is 0 Å². The molecule has 12 heavy (non-hydrogen) atoms. The number of nitrogens with one attached hydrogen (secondary N) is 1. The summed E-state index contributed by atoms with van der Waals surface area (Å²) in [5.74, 6) is 0.552. The second kappa shape index (κ2) is 3.25. The van der Waals surface area contributed by atoms with E-state index in [-0.39, 0.29) is 0 Å². The summed E-state index contributed by atoms with van der Waals surface area (Å²) in [6.45, 7) is 2.03. The molecular weight excluding hydrogens is 193 g/mol. The first-order chi connectivity index (χ1) is 5.77. The maximum absolute atomic E-state index is 6.02. The summed E-state index contributed by atoms with van der Waals surface area (Å²) >= 11 is 11.9. The summed E-state index contributed by atoms with van der Waals surface area (Å²) in [5, 5.41) is 4.79. The second-order valence-electron chi connectivity index (χ2n) is 3.02. The Kier molecular flexibility index (Phi) is 2.26. The summed E-state index contributed by atoms with van der Waals surface area (Å²) in [4.78, 5) is 0. The summed E-state index contributed by atoms with van der Waals surface area (Å²) < 4.78 is 0. The molecule has 1 N–H and O–H groups in total. The zero-order valence-electron chi connectivity index (χ0n) is 6.48. The maximum Gasteiger partial charge on any atom is 0.0442 e. The molecule has 0 aromatic heterocycles. The van der Waals surface area contributed by atoms with Crippen LogP contribution < -0.4 is 5.32 Å². The Morgan fingerprint density at radius 2 is 2.00 bits per heavy atom. The Hall–Kier alpha value is -0.240. The molecule has 1 aromatic rings. The largest absolute Gasteiger partial charge is 0.315 e. The SMILES string of the molecule is Clc1ccc(Cl)c(C2CNC2)c1. The van der Waals surface area contributed by atoms with Crippen LogP contribution in [-0.4, -0.2) is 13.1 Å². The van der Waals surface area contributed by atoms with Crippen LogP contribution in [0, 0.1) is 0 Å². The number of benzene rings is 1. The van der Waals surface area contributed by atoms with Crippen LogP contribution in [0.3, 0.4) is 0 Å². The van der Waals surface area contributed by atoms with Crippen molar-refractivity contribution in [3.8, 4) is 0 Å². The molecule has 1 saturated heterocycles. The quantitative estimate of drug-likeness (QED) is 0.738. The van der Waals surface area contributed by atoms with E-state index in [0.717, 1.165) is 23.1 Å². The molecule has 1 fully saturated rings. The van der Waals surface area contributed by atoms with Gasteiger partial charge in [-0.3, -0.25) is 0 Å². The third-order valence-corrected chi connectivity index (χ3v) is 2.76. The fraction of sp³-hybridized carbons (Fsp3) is 0.333. The molecule has 1 heterocycles. The maximum atomic E-state index is 6.02. The monoisotopic (exact) mass is 201 g/mol. The van der Waals surface area contributed by atoms with Gasteiger partial charge in [-0.05, 0) is 23.8 Å². The minimum Gasteiger partial charge on any atom is -0.315 e. The zero-order chi connectivity index (χ0) is 8.55. The number of hydrogen-bond donors (Lipinski definition) is 1. The van der Waals surface area contributed by atoms with Crippen molar-refractivity contribution in [2.75, 3.05) is 13.1 Å². The van der Waals surface area contributed by atoms with Crippen LogP contribution in [-0.2, 0) is 0 Å². The molecule has 64 valence electrons. The minimum absolute atomic E-state index is 0.552. The van der Waals surface area contributed by atoms with Gasteiger partial charge in [-0.25, -0.2) is 0 Å². The molecule has 2 rings (SSSR count). The van der Waals surface area contributed by atoms with Crippen LogP contribution in [0.2, 0.25) is 10.0 Å². The first-order valence-electron chi connectivity index (χ1n) is 3.93. The molecule has 0 bridgehead atoms. The Bertz CT molecular complexity index is 295. The molecule has 1 nitrogen and oxygen atoms in total. The van der Waals surface area contributed by atoms with Crippen molar-refractivity contribution >= 4 is 23.2 Å². The molecule has 0 unspecified atom stereocenters. The van der Waals surface area contributed by atoms with Gasteiger partial charge in [-0.2, -0.15) is 0 Å². The van der Waals surface area contributed by atoms with Gasteiger partial charge in [0, 0.05) is 29.1 Å². The summed E-state index contributed by atoms with van der Waals surface area (Å²) in [7, 11) is 0. The van der Waals surface area contributed by atoms with Gasteiger partial charge in [0.05, 0.1) is 0 Å². The van der Waals surface area contributed by atoms with Crippen LogP contribution >= 0.6 is 23.2 Å². The van der Waals surface area contributed by atoms with E-state index in [0.29, 0.717) is 5.92 Å². The Balaban J connectivity index is 2.34. The average molecular weight is 202 g/mol. The smallest absolute Gasteiger partial charge is 0.0442 e. The van der Waals surface area contributed by atoms with Crippen molar-refractivity contribution in [2.24, 2.45) is 0 Å². The van der Waals surface area contributed by atoms with Crippen molar-refractivity contribution in [3.05, 3.63) is 33.8 Å². The van der Waals surface area contributed by atoms with E-state index in [2.05, 4.69) is 5.32 Å². The molecule has 0 atom stereocenters. The normalized spacial score (nSPS) is 17.5. The first kappa shape index (κ1) is 8.36. The van der Waals surface area contributed by atoms with Gasteiger partial charge in [0.2, 0.25) is 0 Å². The standard InChI is InChI=1S/C9H9Cl2N/c10-7-1-2-9(11)8(3-7)6-4-12-5-6/h1-3,6,12H,4-5H2. The topological polar surface area (TPSA) is 12.0 Å². The molecular formula is C9H9Cl2N. The number of hydrogen-bond acceptors (Lipinski definition) is 1. The number of rotatable bonds is 1. The Morgan fingerprint density at radius 1 is 1.25 bits per heavy atom.